The molecule has 28 heavy (non-hydrogen) atoms. The molecule has 2 aromatic heterocycles. The number of hydrogen-bond acceptors (Lipinski definition) is 3. The summed E-state index contributed by atoms with van der Waals surface area (Å²) in [5.41, 5.74) is 3.43. The molecule has 3 nitrogen and oxygen atoms in total. The van der Waals surface area contributed by atoms with E-state index in [0.29, 0.717) is 23.7 Å². The first kappa shape index (κ1) is 17.4. The highest BCUT2D eigenvalue weighted by atomic mass is 79.9. The second-order valence-corrected chi connectivity index (χ2v) is 10.3. The van der Waals surface area contributed by atoms with Crippen LogP contribution in [0, 0.1) is 0 Å². The number of benzene rings is 1. The van der Waals surface area contributed by atoms with Crippen molar-refractivity contribution in [3.05, 3.63) is 66.8 Å². The Bertz CT molecular complexity index is 1190. The van der Waals surface area contributed by atoms with Gasteiger partial charge < -0.3 is 4.74 Å². The fourth-order valence-corrected chi connectivity index (χ4v) is 5.92. The monoisotopic (exact) mass is 520 g/mol. The van der Waals surface area contributed by atoms with Crippen molar-refractivity contribution in [2.75, 3.05) is 0 Å². The number of allylic oxidation sites excluding steroid dienone is 3. The third-order valence-corrected chi connectivity index (χ3v) is 7.58. The van der Waals surface area contributed by atoms with E-state index in [2.05, 4.69) is 60.0 Å². The first-order valence-corrected chi connectivity index (χ1v) is 11.7. The third kappa shape index (κ3) is 2.66. The highest BCUT2D eigenvalue weighted by molar-refractivity contribution is 9.11. The molecule has 3 aromatic rings. The average molecular weight is 522 g/mol. The number of ether oxygens (including phenoxy) is 1. The van der Waals surface area contributed by atoms with E-state index < -0.39 is 12.4 Å². The molecular weight excluding hydrogens is 507 g/mol. The first-order valence-electron chi connectivity index (χ1n) is 9.25. The minimum Gasteiger partial charge on any atom is -0.464 e. The van der Waals surface area contributed by atoms with Crippen molar-refractivity contribution < 1.29 is 9.13 Å². The molecule has 3 heterocycles. The number of aromatic nitrogens is 2. The van der Waals surface area contributed by atoms with Gasteiger partial charge in [0, 0.05) is 32.1 Å². The molecule has 7 heteroatoms. The van der Waals surface area contributed by atoms with E-state index in [4.69, 9.17) is 9.72 Å². The summed E-state index contributed by atoms with van der Waals surface area (Å²) in [4.78, 5) is 4.89. The summed E-state index contributed by atoms with van der Waals surface area (Å²) >= 11 is 8.71. The van der Waals surface area contributed by atoms with E-state index in [0.717, 1.165) is 31.2 Å². The molecule has 1 saturated carbocycles. The molecule has 0 bridgehead atoms. The number of halogens is 3. The molecule has 0 saturated heterocycles. The maximum absolute atomic E-state index is 15.1. The Morgan fingerprint density at radius 1 is 1.21 bits per heavy atom. The third-order valence-electron chi connectivity index (χ3n) is 5.51. The topological polar surface area (TPSA) is 27.1 Å². The van der Waals surface area contributed by atoms with Crippen LogP contribution in [0.1, 0.15) is 47.8 Å². The Labute approximate surface area is 182 Å². The lowest BCUT2D eigenvalue weighted by Crippen LogP contribution is -2.26. The van der Waals surface area contributed by atoms with Crippen molar-refractivity contribution in [1.29, 1.82) is 0 Å². The molecule has 0 N–H and O–H groups in total. The highest BCUT2D eigenvalue weighted by Crippen LogP contribution is 2.47. The lowest BCUT2D eigenvalue weighted by Gasteiger charge is -2.33. The largest absolute Gasteiger partial charge is 0.464 e. The summed E-state index contributed by atoms with van der Waals surface area (Å²) in [5.74, 6) is 1.21. The summed E-state index contributed by atoms with van der Waals surface area (Å²) < 4.78 is 25.4. The predicted molar refractivity (Wildman–Crippen MR) is 116 cm³/mol. The van der Waals surface area contributed by atoms with Gasteiger partial charge in [-0.2, -0.15) is 0 Å². The van der Waals surface area contributed by atoms with E-state index in [1.807, 2.05) is 12.1 Å². The molecule has 0 spiro atoms. The molecule has 3 aliphatic rings. The summed E-state index contributed by atoms with van der Waals surface area (Å²) in [6, 6.07) is 8.20. The van der Waals surface area contributed by atoms with Crippen LogP contribution in [0.2, 0.25) is 0 Å². The molecule has 2 atom stereocenters. The minimum atomic E-state index is -1.10. The lowest BCUT2D eigenvalue weighted by atomic mass is 9.97. The number of fused-ring (bicyclic) bond motifs is 4. The quantitative estimate of drug-likeness (QED) is 0.361. The highest BCUT2D eigenvalue weighted by Gasteiger charge is 2.37. The smallest absolute Gasteiger partial charge is 0.220 e. The molecule has 2 unspecified atom stereocenters. The van der Waals surface area contributed by atoms with Crippen LogP contribution in [0.25, 0.3) is 16.5 Å². The van der Waals surface area contributed by atoms with Crippen molar-refractivity contribution in [3.63, 3.8) is 0 Å². The van der Waals surface area contributed by atoms with Crippen LogP contribution in [0.3, 0.4) is 0 Å². The maximum Gasteiger partial charge on any atom is 0.220 e. The van der Waals surface area contributed by atoms with Crippen molar-refractivity contribution in [1.82, 2.24) is 9.55 Å². The van der Waals surface area contributed by atoms with Gasteiger partial charge in [-0.05, 0) is 43.2 Å². The summed E-state index contributed by atoms with van der Waals surface area (Å²) in [6.45, 7) is 0. The van der Waals surface area contributed by atoms with Crippen LogP contribution in [-0.2, 0) is 4.74 Å². The molecule has 2 aliphatic carbocycles. The number of nitrogens with zero attached hydrogens (tertiary/aromatic N) is 2. The SMILES string of the molecule is FC1CC(Br)=CC2=C1c1cc3cc(Br)ccc3n1C(c1csc(C3CC3)n1)O2. The Balaban J connectivity index is 1.59. The van der Waals surface area contributed by atoms with Gasteiger partial charge >= 0.3 is 0 Å². The first-order chi connectivity index (χ1) is 13.6. The van der Waals surface area contributed by atoms with E-state index in [1.165, 1.54) is 17.8 Å². The summed E-state index contributed by atoms with van der Waals surface area (Å²) in [6.07, 6.45) is 3.19. The Morgan fingerprint density at radius 2 is 2.07 bits per heavy atom. The maximum atomic E-state index is 15.1. The summed E-state index contributed by atoms with van der Waals surface area (Å²) in [5, 5.41) is 4.33. The van der Waals surface area contributed by atoms with Crippen LogP contribution in [0.4, 0.5) is 4.39 Å². The van der Waals surface area contributed by atoms with Gasteiger partial charge in [-0.3, -0.25) is 4.57 Å². The van der Waals surface area contributed by atoms with Crippen molar-refractivity contribution in [3.8, 4) is 0 Å². The summed E-state index contributed by atoms with van der Waals surface area (Å²) in [7, 11) is 0. The molecule has 0 amide bonds. The fraction of sp³-hybridized carbons (Fsp3) is 0.286. The van der Waals surface area contributed by atoms with Crippen LogP contribution >= 0.6 is 43.2 Å². The molecule has 1 aromatic carbocycles. The Hall–Kier alpha value is -1.44. The fourth-order valence-electron chi connectivity index (χ4n) is 4.06. The zero-order chi connectivity index (χ0) is 19.0. The number of hydrogen-bond donors (Lipinski definition) is 0. The van der Waals surface area contributed by atoms with Crippen LogP contribution in [0.5, 0.6) is 0 Å². The average Bonchev–Trinajstić information content (AvgIpc) is 3.26. The van der Waals surface area contributed by atoms with Gasteiger partial charge in [-0.15, -0.1) is 11.3 Å². The Morgan fingerprint density at radius 3 is 2.89 bits per heavy atom. The van der Waals surface area contributed by atoms with Crippen molar-refractivity contribution >= 4 is 59.7 Å². The molecular formula is C21H15Br2FN2OS. The van der Waals surface area contributed by atoms with Crippen LogP contribution in [0.15, 0.2) is 50.4 Å². The molecule has 6 rings (SSSR count). The standard InChI is InChI=1S/C21H15Br2FN2OS/c22-12-3-4-16-11(5-12)6-17-19-14(24)7-13(23)8-18(19)27-21(26(16)17)15-9-28-20(25-15)10-1-2-10/h3-6,8-10,14,21H,1-2,7H2. The Kier molecular flexibility index (Phi) is 3.91. The number of alkyl halides is 1. The van der Waals surface area contributed by atoms with Gasteiger partial charge in [0.25, 0.3) is 0 Å². The van der Waals surface area contributed by atoms with E-state index in [9.17, 15) is 0 Å². The number of rotatable bonds is 2. The molecule has 1 aliphatic heterocycles. The predicted octanol–water partition coefficient (Wildman–Crippen LogP) is 7.05. The van der Waals surface area contributed by atoms with Crippen LogP contribution in [-0.4, -0.2) is 15.7 Å². The zero-order valence-corrected chi connectivity index (χ0v) is 18.7. The minimum absolute atomic E-state index is 0.334. The van der Waals surface area contributed by atoms with E-state index >= 15 is 4.39 Å². The van der Waals surface area contributed by atoms with Crippen molar-refractivity contribution in [2.24, 2.45) is 0 Å². The molecule has 142 valence electrons. The van der Waals surface area contributed by atoms with Gasteiger partial charge in [0.1, 0.15) is 17.6 Å². The van der Waals surface area contributed by atoms with Gasteiger partial charge in [0.15, 0.2) is 0 Å². The second-order valence-electron chi connectivity index (χ2n) is 7.50. The van der Waals surface area contributed by atoms with Gasteiger partial charge in [0.05, 0.1) is 21.8 Å². The van der Waals surface area contributed by atoms with E-state index in [1.54, 1.807) is 11.3 Å². The van der Waals surface area contributed by atoms with Crippen LogP contribution < -0.4 is 0 Å². The lowest BCUT2D eigenvalue weighted by molar-refractivity contribution is 0.0896. The molecule has 0 radical (unpaired) electrons. The van der Waals surface area contributed by atoms with E-state index in [-0.39, 0.29) is 0 Å². The van der Waals surface area contributed by atoms with Gasteiger partial charge in [-0.25, -0.2) is 9.37 Å². The molecule has 1 fully saturated rings. The number of thiazole rings is 1. The van der Waals surface area contributed by atoms with Crippen molar-refractivity contribution in [2.45, 2.75) is 37.6 Å². The normalized spacial score (nSPS) is 24.0. The second kappa shape index (κ2) is 6.28. The zero-order valence-electron chi connectivity index (χ0n) is 14.7. The van der Waals surface area contributed by atoms with Gasteiger partial charge in [-0.1, -0.05) is 31.9 Å². The van der Waals surface area contributed by atoms with Gasteiger partial charge in [0.2, 0.25) is 6.23 Å².